The molecule has 0 heterocycles. The van der Waals surface area contributed by atoms with Gasteiger partial charge in [0.1, 0.15) is 5.75 Å². The summed E-state index contributed by atoms with van der Waals surface area (Å²) in [6, 6.07) is 3.37. The van der Waals surface area contributed by atoms with Crippen LogP contribution in [0.25, 0.3) is 0 Å². The minimum Gasteiger partial charge on any atom is -0.507 e. The van der Waals surface area contributed by atoms with Crippen LogP contribution in [0.2, 0.25) is 5.02 Å². The van der Waals surface area contributed by atoms with Crippen LogP contribution in [-0.4, -0.2) is 5.11 Å². The first-order chi connectivity index (χ1) is 7.06. The quantitative estimate of drug-likeness (QED) is 0.827. The van der Waals surface area contributed by atoms with Gasteiger partial charge >= 0.3 is 0 Å². The highest BCUT2D eigenvalue weighted by Crippen LogP contribution is 2.31. The van der Waals surface area contributed by atoms with Crippen molar-refractivity contribution in [3.63, 3.8) is 0 Å². The van der Waals surface area contributed by atoms with Crippen LogP contribution in [0.15, 0.2) is 12.1 Å². The normalized spacial score (nSPS) is 12.8. The minimum atomic E-state index is -0.123. The molecule has 3 N–H and O–H groups in total. The molecule has 1 aromatic rings. The van der Waals surface area contributed by atoms with Crippen molar-refractivity contribution in [1.29, 1.82) is 0 Å². The lowest BCUT2D eigenvalue weighted by atomic mass is 9.99. The Bertz CT molecular complexity index is 339. The van der Waals surface area contributed by atoms with Crippen molar-refractivity contribution in [1.82, 2.24) is 0 Å². The molecule has 0 aromatic heterocycles. The monoisotopic (exact) mass is 227 g/mol. The van der Waals surface area contributed by atoms with Crippen molar-refractivity contribution in [2.24, 2.45) is 5.73 Å². The highest BCUT2D eigenvalue weighted by atomic mass is 35.5. The van der Waals surface area contributed by atoms with Crippen molar-refractivity contribution in [2.45, 2.75) is 39.2 Å². The summed E-state index contributed by atoms with van der Waals surface area (Å²) < 4.78 is 0. The molecule has 84 valence electrons. The molecule has 1 rings (SSSR count). The Morgan fingerprint density at radius 1 is 1.47 bits per heavy atom. The number of phenols is 1. The number of aryl methyl sites for hydroxylation is 1. The second kappa shape index (κ2) is 5.38. The van der Waals surface area contributed by atoms with Gasteiger partial charge in [0, 0.05) is 16.6 Å². The number of unbranched alkanes of at least 4 members (excludes halogenated alkanes) is 1. The van der Waals surface area contributed by atoms with Gasteiger partial charge in [-0.05, 0) is 31.0 Å². The Kier molecular flexibility index (Phi) is 4.43. The Morgan fingerprint density at radius 2 is 2.13 bits per heavy atom. The number of nitrogens with two attached hydrogens (primary N) is 1. The SMILES string of the molecule is CCCC[C@@H](N)c1cc(Cl)cc(C)c1O. The van der Waals surface area contributed by atoms with E-state index in [1.807, 2.05) is 6.92 Å². The van der Waals surface area contributed by atoms with Gasteiger partial charge in [-0.1, -0.05) is 31.4 Å². The van der Waals surface area contributed by atoms with Crippen molar-refractivity contribution in [3.8, 4) is 5.75 Å². The Labute approximate surface area is 96.1 Å². The van der Waals surface area contributed by atoms with E-state index in [4.69, 9.17) is 17.3 Å². The molecule has 0 spiro atoms. The standard InChI is InChI=1S/C12H18ClNO/c1-3-4-5-11(14)10-7-9(13)6-8(2)12(10)15/h6-7,11,15H,3-5,14H2,1-2H3/t11-/m1/s1. The molecular weight excluding hydrogens is 210 g/mol. The van der Waals surface area contributed by atoms with Gasteiger partial charge in [0.15, 0.2) is 0 Å². The Hall–Kier alpha value is -0.730. The van der Waals surface area contributed by atoms with Gasteiger partial charge in [-0.2, -0.15) is 0 Å². The molecule has 0 aliphatic rings. The number of aromatic hydroxyl groups is 1. The fourth-order valence-corrected chi connectivity index (χ4v) is 1.90. The van der Waals surface area contributed by atoms with E-state index < -0.39 is 0 Å². The third-order valence-corrected chi connectivity index (χ3v) is 2.78. The molecule has 0 bridgehead atoms. The maximum absolute atomic E-state index is 9.85. The number of hydrogen-bond acceptors (Lipinski definition) is 2. The van der Waals surface area contributed by atoms with Crippen LogP contribution in [0.1, 0.15) is 43.4 Å². The average Bonchev–Trinajstić information content (AvgIpc) is 2.19. The lowest BCUT2D eigenvalue weighted by Crippen LogP contribution is -2.10. The summed E-state index contributed by atoms with van der Waals surface area (Å²) in [7, 11) is 0. The largest absolute Gasteiger partial charge is 0.507 e. The van der Waals surface area contributed by atoms with Crippen LogP contribution in [0.4, 0.5) is 0 Å². The van der Waals surface area contributed by atoms with E-state index in [9.17, 15) is 5.11 Å². The topological polar surface area (TPSA) is 46.2 Å². The molecule has 0 amide bonds. The predicted molar refractivity (Wildman–Crippen MR) is 64.3 cm³/mol. The molecule has 0 radical (unpaired) electrons. The van der Waals surface area contributed by atoms with E-state index in [0.29, 0.717) is 5.02 Å². The molecule has 1 aromatic carbocycles. The van der Waals surface area contributed by atoms with Gasteiger partial charge in [-0.25, -0.2) is 0 Å². The fraction of sp³-hybridized carbons (Fsp3) is 0.500. The maximum atomic E-state index is 9.85. The summed E-state index contributed by atoms with van der Waals surface area (Å²) in [5, 5.41) is 10.5. The zero-order valence-electron chi connectivity index (χ0n) is 9.26. The molecular formula is C12H18ClNO. The molecule has 0 saturated carbocycles. The van der Waals surface area contributed by atoms with Crippen LogP contribution in [0.3, 0.4) is 0 Å². The molecule has 0 unspecified atom stereocenters. The average molecular weight is 228 g/mol. The van der Waals surface area contributed by atoms with Gasteiger partial charge < -0.3 is 10.8 Å². The van der Waals surface area contributed by atoms with Crippen molar-refractivity contribution >= 4 is 11.6 Å². The summed E-state index contributed by atoms with van der Waals surface area (Å²) in [4.78, 5) is 0. The first-order valence-electron chi connectivity index (χ1n) is 5.30. The molecule has 0 saturated heterocycles. The number of benzene rings is 1. The number of phenolic OH excluding ortho intramolecular Hbond substituents is 1. The summed E-state index contributed by atoms with van der Waals surface area (Å²) in [5.74, 6) is 0.281. The van der Waals surface area contributed by atoms with Crippen molar-refractivity contribution in [2.75, 3.05) is 0 Å². The third-order valence-electron chi connectivity index (χ3n) is 2.56. The van der Waals surface area contributed by atoms with Crippen molar-refractivity contribution < 1.29 is 5.11 Å². The highest BCUT2D eigenvalue weighted by Gasteiger charge is 2.13. The maximum Gasteiger partial charge on any atom is 0.123 e. The third kappa shape index (κ3) is 3.11. The Morgan fingerprint density at radius 3 is 2.73 bits per heavy atom. The first-order valence-corrected chi connectivity index (χ1v) is 5.68. The molecule has 15 heavy (non-hydrogen) atoms. The minimum absolute atomic E-state index is 0.123. The molecule has 2 nitrogen and oxygen atoms in total. The van der Waals surface area contributed by atoms with Gasteiger partial charge in [-0.15, -0.1) is 0 Å². The predicted octanol–water partition coefficient (Wildman–Crippen LogP) is 3.54. The van der Waals surface area contributed by atoms with Crippen LogP contribution >= 0.6 is 11.6 Å². The molecule has 0 aliphatic heterocycles. The number of rotatable bonds is 4. The van der Waals surface area contributed by atoms with Crippen LogP contribution in [0, 0.1) is 6.92 Å². The Balaban J connectivity index is 2.92. The highest BCUT2D eigenvalue weighted by molar-refractivity contribution is 6.30. The van der Waals surface area contributed by atoms with E-state index in [1.165, 1.54) is 0 Å². The summed E-state index contributed by atoms with van der Waals surface area (Å²) in [6.45, 7) is 3.95. The molecule has 1 atom stereocenters. The fourth-order valence-electron chi connectivity index (χ4n) is 1.62. The van der Waals surface area contributed by atoms with Gasteiger partial charge in [-0.3, -0.25) is 0 Å². The lowest BCUT2D eigenvalue weighted by molar-refractivity contribution is 0.452. The smallest absolute Gasteiger partial charge is 0.123 e. The molecule has 3 heteroatoms. The van der Waals surface area contributed by atoms with E-state index in [2.05, 4.69) is 6.92 Å². The summed E-state index contributed by atoms with van der Waals surface area (Å²) in [5.41, 5.74) is 7.54. The number of hydrogen-bond donors (Lipinski definition) is 2. The van der Waals surface area contributed by atoms with E-state index >= 15 is 0 Å². The van der Waals surface area contributed by atoms with E-state index in [0.717, 1.165) is 30.4 Å². The van der Waals surface area contributed by atoms with Gasteiger partial charge in [0.25, 0.3) is 0 Å². The lowest BCUT2D eigenvalue weighted by Gasteiger charge is -2.15. The molecule has 0 aliphatic carbocycles. The zero-order valence-corrected chi connectivity index (χ0v) is 10.0. The van der Waals surface area contributed by atoms with Crippen LogP contribution < -0.4 is 5.73 Å². The van der Waals surface area contributed by atoms with E-state index in [-0.39, 0.29) is 11.8 Å². The van der Waals surface area contributed by atoms with E-state index in [1.54, 1.807) is 12.1 Å². The second-order valence-electron chi connectivity index (χ2n) is 3.91. The first kappa shape index (κ1) is 12.3. The second-order valence-corrected chi connectivity index (χ2v) is 4.35. The summed E-state index contributed by atoms with van der Waals surface area (Å²) >= 11 is 5.93. The molecule has 0 fully saturated rings. The van der Waals surface area contributed by atoms with Crippen LogP contribution in [0.5, 0.6) is 5.75 Å². The zero-order chi connectivity index (χ0) is 11.4. The number of halogens is 1. The van der Waals surface area contributed by atoms with Crippen molar-refractivity contribution in [3.05, 3.63) is 28.3 Å². The van der Waals surface area contributed by atoms with Gasteiger partial charge in [0.05, 0.1) is 0 Å². The van der Waals surface area contributed by atoms with Crippen LogP contribution in [-0.2, 0) is 0 Å². The van der Waals surface area contributed by atoms with Gasteiger partial charge in [0.2, 0.25) is 0 Å². The summed E-state index contributed by atoms with van der Waals surface area (Å²) in [6.07, 6.45) is 3.05.